The Kier molecular flexibility index (Phi) is 7.79. The molecule has 0 aliphatic carbocycles. The predicted molar refractivity (Wildman–Crippen MR) is 245 cm³/mol. The van der Waals surface area contributed by atoms with Gasteiger partial charge in [-0.15, -0.1) is 0 Å². The van der Waals surface area contributed by atoms with Crippen molar-refractivity contribution in [3.05, 3.63) is 179 Å². The quantitative estimate of drug-likeness (QED) is 0.175. The van der Waals surface area contributed by atoms with Crippen LogP contribution < -0.4 is 0 Å². The van der Waals surface area contributed by atoms with Crippen LogP contribution in [0.15, 0.2) is 150 Å². The van der Waals surface area contributed by atoms with Crippen molar-refractivity contribution in [1.29, 1.82) is 0 Å². The number of fused-ring (bicyclic) bond motifs is 8. The van der Waals surface area contributed by atoms with Crippen molar-refractivity contribution in [3.8, 4) is 50.5 Å². The van der Waals surface area contributed by atoms with Crippen LogP contribution >= 0.6 is 0 Å². The summed E-state index contributed by atoms with van der Waals surface area (Å²) in [5.41, 5.74) is 23.5. The lowest BCUT2D eigenvalue weighted by atomic mass is 9.90. The fraction of sp³-hybridized carbons (Fsp3) is 0.111. The molecule has 0 aliphatic heterocycles. The average Bonchev–Trinajstić information content (AvgIpc) is 3.88. The van der Waals surface area contributed by atoms with E-state index in [2.05, 4.69) is 190 Å². The molecule has 59 heavy (non-hydrogen) atoms. The first-order chi connectivity index (χ1) is 28.7. The van der Waals surface area contributed by atoms with Crippen molar-refractivity contribution < 1.29 is 4.42 Å². The maximum absolute atomic E-state index is 6.48. The lowest BCUT2D eigenvalue weighted by Crippen LogP contribution is -1.97. The van der Waals surface area contributed by atoms with Crippen LogP contribution in [0.5, 0.6) is 0 Å². The topological polar surface area (TPSA) is 48.3 Å². The standard InChI is InChI=1S/C54H42N4O/c1-31-22-33(3)52(34(4)23-31)40-29-45(55-46(30-40)53-35(5)24-32(2)25-36(53)6)39-19-21-51-43(28-39)42-27-38(18-20-50(42)59-51)37-12-11-13-41(26-37)57-48-16-9-10-17-49(48)58-47-15-8-7-14-44(47)56-54(57)58/h7-30H,1-6H3. The highest BCUT2D eigenvalue weighted by molar-refractivity contribution is 6.07. The second-order valence-electron chi connectivity index (χ2n) is 16.3. The molecule has 0 aliphatic rings. The first-order valence-electron chi connectivity index (χ1n) is 20.3. The summed E-state index contributed by atoms with van der Waals surface area (Å²) in [6.07, 6.45) is 0. The zero-order chi connectivity index (χ0) is 40.1. The first kappa shape index (κ1) is 35.0. The van der Waals surface area contributed by atoms with Gasteiger partial charge in [0.2, 0.25) is 5.78 Å². The molecule has 0 spiro atoms. The van der Waals surface area contributed by atoms with E-state index >= 15 is 0 Å². The third-order valence-electron chi connectivity index (χ3n) is 12.0. The largest absolute Gasteiger partial charge is 0.456 e. The molecule has 0 amide bonds. The molecule has 0 radical (unpaired) electrons. The lowest BCUT2D eigenvalue weighted by Gasteiger charge is -2.17. The van der Waals surface area contributed by atoms with E-state index in [9.17, 15) is 0 Å². The number of imidazole rings is 2. The zero-order valence-corrected chi connectivity index (χ0v) is 34.1. The number of para-hydroxylation sites is 4. The summed E-state index contributed by atoms with van der Waals surface area (Å²) < 4.78 is 11.0. The number of hydrogen-bond acceptors (Lipinski definition) is 3. The highest BCUT2D eigenvalue weighted by Gasteiger charge is 2.19. The minimum absolute atomic E-state index is 0.856. The molecule has 0 atom stereocenters. The number of nitrogens with zero attached hydrogens (tertiary/aromatic N) is 4. The summed E-state index contributed by atoms with van der Waals surface area (Å²) in [6.45, 7) is 13.2. The molecule has 0 fully saturated rings. The van der Waals surface area contributed by atoms with Crippen LogP contribution in [0, 0.1) is 41.5 Å². The summed E-state index contributed by atoms with van der Waals surface area (Å²) in [4.78, 5) is 10.5. The Morgan fingerprint density at radius 1 is 0.424 bits per heavy atom. The third kappa shape index (κ3) is 5.60. The SMILES string of the molecule is Cc1cc(C)c(-c2cc(-c3ccc4oc5ccc(-c6cccc(-n7c8ccccc8n8c9ccccc9nc78)c6)cc5c4c3)nc(-c3c(C)cc(C)cc3C)c2)c(C)c1. The summed E-state index contributed by atoms with van der Waals surface area (Å²) >= 11 is 0. The van der Waals surface area contributed by atoms with Gasteiger partial charge in [-0.3, -0.25) is 8.97 Å². The van der Waals surface area contributed by atoms with Gasteiger partial charge in [0.05, 0.1) is 33.5 Å². The maximum Gasteiger partial charge on any atom is 0.220 e. The van der Waals surface area contributed by atoms with E-state index in [0.29, 0.717) is 0 Å². The predicted octanol–water partition coefficient (Wildman–Crippen LogP) is 14.2. The van der Waals surface area contributed by atoms with Crippen molar-refractivity contribution in [2.45, 2.75) is 41.5 Å². The monoisotopic (exact) mass is 762 g/mol. The number of pyridine rings is 1. The van der Waals surface area contributed by atoms with E-state index in [1.54, 1.807) is 0 Å². The number of furan rings is 1. The average molecular weight is 763 g/mol. The Bertz CT molecular complexity index is 3400. The van der Waals surface area contributed by atoms with Crippen LogP contribution in [0.25, 0.3) is 100 Å². The second kappa shape index (κ2) is 13.2. The molecule has 4 heterocycles. The Morgan fingerprint density at radius 2 is 1.00 bits per heavy atom. The molecular weight excluding hydrogens is 721 g/mol. The molecular formula is C54H42N4O. The number of aromatic nitrogens is 4. The maximum atomic E-state index is 6.48. The van der Waals surface area contributed by atoms with Crippen molar-refractivity contribution in [3.63, 3.8) is 0 Å². The Labute approximate surface area is 342 Å². The highest BCUT2D eigenvalue weighted by atomic mass is 16.3. The molecule has 0 bridgehead atoms. The van der Waals surface area contributed by atoms with Crippen LogP contribution in [0.2, 0.25) is 0 Å². The van der Waals surface area contributed by atoms with Gasteiger partial charge in [-0.05, 0) is 165 Å². The fourth-order valence-corrected chi connectivity index (χ4v) is 9.72. The van der Waals surface area contributed by atoms with Crippen molar-refractivity contribution in [1.82, 2.24) is 18.9 Å². The van der Waals surface area contributed by atoms with E-state index in [4.69, 9.17) is 14.4 Å². The van der Waals surface area contributed by atoms with Gasteiger partial charge in [-0.2, -0.15) is 0 Å². The van der Waals surface area contributed by atoms with Crippen LogP contribution in [0.4, 0.5) is 0 Å². The number of benzene rings is 7. The molecule has 0 N–H and O–H groups in total. The van der Waals surface area contributed by atoms with Gasteiger partial charge in [0.15, 0.2) is 0 Å². The minimum atomic E-state index is 0.856. The van der Waals surface area contributed by atoms with Gasteiger partial charge in [-0.25, -0.2) is 9.97 Å². The molecule has 284 valence electrons. The van der Waals surface area contributed by atoms with Crippen LogP contribution in [-0.4, -0.2) is 18.9 Å². The number of hydrogen-bond donors (Lipinski definition) is 0. The van der Waals surface area contributed by atoms with Gasteiger partial charge in [0.25, 0.3) is 0 Å². The van der Waals surface area contributed by atoms with E-state index in [0.717, 1.165) is 83.5 Å². The number of rotatable bonds is 5. The molecule has 0 saturated carbocycles. The zero-order valence-electron chi connectivity index (χ0n) is 34.1. The lowest BCUT2D eigenvalue weighted by molar-refractivity contribution is 0.669. The van der Waals surface area contributed by atoms with E-state index in [1.807, 2.05) is 6.07 Å². The van der Waals surface area contributed by atoms with Crippen LogP contribution in [0.1, 0.15) is 33.4 Å². The van der Waals surface area contributed by atoms with Gasteiger partial charge < -0.3 is 4.42 Å². The van der Waals surface area contributed by atoms with Crippen molar-refractivity contribution in [2.24, 2.45) is 0 Å². The normalized spacial score (nSPS) is 11.9. The van der Waals surface area contributed by atoms with Gasteiger partial charge in [-0.1, -0.05) is 77.9 Å². The van der Waals surface area contributed by atoms with Crippen LogP contribution in [0.3, 0.4) is 0 Å². The van der Waals surface area contributed by atoms with Crippen molar-refractivity contribution in [2.75, 3.05) is 0 Å². The summed E-state index contributed by atoms with van der Waals surface area (Å²) in [5.74, 6) is 0.898. The minimum Gasteiger partial charge on any atom is -0.456 e. The van der Waals surface area contributed by atoms with E-state index in [1.165, 1.54) is 50.1 Å². The first-order valence-corrected chi connectivity index (χ1v) is 20.3. The molecule has 4 aromatic heterocycles. The van der Waals surface area contributed by atoms with Gasteiger partial charge in [0.1, 0.15) is 11.2 Å². The molecule has 11 aromatic rings. The third-order valence-corrected chi connectivity index (χ3v) is 12.0. The molecule has 11 rings (SSSR count). The van der Waals surface area contributed by atoms with E-state index < -0.39 is 0 Å². The summed E-state index contributed by atoms with van der Waals surface area (Å²) in [5, 5.41) is 2.14. The van der Waals surface area contributed by atoms with Gasteiger partial charge in [0, 0.05) is 27.6 Å². The Morgan fingerprint density at radius 3 is 1.71 bits per heavy atom. The molecule has 7 aromatic carbocycles. The van der Waals surface area contributed by atoms with Crippen LogP contribution in [-0.2, 0) is 0 Å². The summed E-state index contributed by atoms with van der Waals surface area (Å²) in [7, 11) is 0. The molecule has 5 nitrogen and oxygen atoms in total. The molecule has 5 heteroatoms. The van der Waals surface area contributed by atoms with E-state index in [-0.39, 0.29) is 0 Å². The van der Waals surface area contributed by atoms with Gasteiger partial charge >= 0.3 is 0 Å². The second-order valence-corrected chi connectivity index (χ2v) is 16.3. The summed E-state index contributed by atoms with van der Waals surface area (Å²) in [6, 6.07) is 52.3. The molecule has 0 saturated heterocycles. The molecule has 0 unspecified atom stereocenters. The van der Waals surface area contributed by atoms with Crippen molar-refractivity contribution >= 4 is 49.8 Å². The Balaban J connectivity index is 1.06. The Hall–Kier alpha value is -7.24. The fourth-order valence-electron chi connectivity index (χ4n) is 9.72. The highest BCUT2D eigenvalue weighted by Crippen LogP contribution is 2.40. The number of aryl methyl sites for hydroxylation is 6. The smallest absolute Gasteiger partial charge is 0.220 e.